The van der Waals surface area contributed by atoms with Crippen molar-refractivity contribution >= 4 is 45.5 Å². The number of hydrogen-bond donors (Lipinski definition) is 2. The van der Waals surface area contributed by atoms with Gasteiger partial charge in [-0.25, -0.2) is 9.69 Å². The van der Waals surface area contributed by atoms with Gasteiger partial charge >= 0.3 is 6.03 Å². The molecule has 3 rings (SSSR count). The minimum absolute atomic E-state index is 0.158. The number of nitrogens with one attached hydrogen (secondary N) is 1. The first-order valence-electron chi connectivity index (χ1n) is 7.75. The molecule has 0 saturated carbocycles. The number of carbonyl (C=O) groups excluding carboxylic acids is 3. The first kappa shape index (κ1) is 17.9. The third-order valence-electron chi connectivity index (χ3n) is 3.99. The second kappa shape index (κ2) is 6.76. The van der Waals surface area contributed by atoms with Crippen LogP contribution in [0.25, 0.3) is 6.08 Å². The molecule has 2 aromatic carbocycles. The quantitative estimate of drug-likeness (QED) is 0.581. The Balaban J connectivity index is 2.06. The molecule has 4 amide bonds. The van der Waals surface area contributed by atoms with Crippen molar-refractivity contribution in [1.29, 1.82) is 0 Å². The minimum Gasteiger partial charge on any atom is -0.507 e. The zero-order valence-corrected chi connectivity index (χ0v) is 15.6. The van der Waals surface area contributed by atoms with Crippen LogP contribution < -0.4 is 10.2 Å². The van der Waals surface area contributed by atoms with Gasteiger partial charge in [0, 0.05) is 4.47 Å². The molecule has 26 heavy (non-hydrogen) atoms. The van der Waals surface area contributed by atoms with E-state index in [-0.39, 0.29) is 11.3 Å². The number of aromatic hydroxyl groups is 1. The fraction of sp³-hybridized carbons (Fsp3) is 0.105. The van der Waals surface area contributed by atoms with Gasteiger partial charge < -0.3 is 5.11 Å². The summed E-state index contributed by atoms with van der Waals surface area (Å²) in [5.41, 5.74) is 2.02. The number of carbonyl (C=O) groups is 3. The van der Waals surface area contributed by atoms with Gasteiger partial charge in [0.2, 0.25) is 0 Å². The van der Waals surface area contributed by atoms with Crippen molar-refractivity contribution in [2.75, 3.05) is 4.90 Å². The second-order valence-corrected chi connectivity index (χ2v) is 6.86. The van der Waals surface area contributed by atoms with Gasteiger partial charge in [0.05, 0.1) is 5.69 Å². The number of barbiturate groups is 1. The number of benzene rings is 2. The molecule has 1 aliphatic rings. The van der Waals surface area contributed by atoms with Gasteiger partial charge in [-0.3, -0.25) is 14.9 Å². The monoisotopic (exact) mass is 414 g/mol. The van der Waals surface area contributed by atoms with Gasteiger partial charge in [-0.05, 0) is 66.9 Å². The van der Waals surface area contributed by atoms with Gasteiger partial charge in [0.1, 0.15) is 11.3 Å². The van der Waals surface area contributed by atoms with Crippen molar-refractivity contribution in [3.05, 3.63) is 63.1 Å². The van der Waals surface area contributed by atoms with E-state index in [1.807, 2.05) is 0 Å². The summed E-state index contributed by atoms with van der Waals surface area (Å²) in [6, 6.07) is 9.19. The van der Waals surface area contributed by atoms with Crippen LogP contribution in [0, 0.1) is 13.8 Å². The predicted molar refractivity (Wildman–Crippen MR) is 101 cm³/mol. The number of halogens is 1. The third-order valence-corrected chi connectivity index (χ3v) is 4.49. The number of rotatable bonds is 2. The minimum atomic E-state index is -0.798. The molecule has 0 bridgehead atoms. The molecule has 1 saturated heterocycles. The molecule has 0 spiro atoms. The molecule has 1 aliphatic heterocycles. The van der Waals surface area contributed by atoms with Crippen LogP contribution >= 0.6 is 15.9 Å². The van der Waals surface area contributed by atoms with Crippen molar-refractivity contribution in [3.63, 3.8) is 0 Å². The first-order valence-corrected chi connectivity index (χ1v) is 8.54. The average molecular weight is 415 g/mol. The van der Waals surface area contributed by atoms with Crippen LogP contribution in [0.3, 0.4) is 0 Å². The van der Waals surface area contributed by atoms with Gasteiger partial charge in [0.25, 0.3) is 11.8 Å². The number of aryl methyl sites for hydroxylation is 2. The van der Waals surface area contributed by atoms with Crippen molar-refractivity contribution in [3.8, 4) is 5.75 Å². The van der Waals surface area contributed by atoms with E-state index in [0.717, 1.165) is 4.90 Å². The van der Waals surface area contributed by atoms with E-state index in [1.54, 1.807) is 50.2 Å². The van der Waals surface area contributed by atoms with Crippen LogP contribution in [0.5, 0.6) is 5.75 Å². The maximum Gasteiger partial charge on any atom is 0.335 e. The van der Waals surface area contributed by atoms with Gasteiger partial charge in [-0.2, -0.15) is 0 Å². The molecule has 2 aromatic rings. The molecular formula is C19H15BrN2O4. The first-order chi connectivity index (χ1) is 12.3. The summed E-state index contributed by atoms with van der Waals surface area (Å²) in [6.07, 6.45) is 1.41. The zero-order valence-electron chi connectivity index (χ0n) is 14.0. The lowest BCUT2D eigenvalue weighted by Crippen LogP contribution is -2.54. The number of nitrogens with zero attached hydrogens (tertiary/aromatic N) is 1. The van der Waals surface area contributed by atoms with Crippen LogP contribution in [0.15, 0.2) is 46.4 Å². The van der Waals surface area contributed by atoms with E-state index in [9.17, 15) is 19.5 Å². The summed E-state index contributed by atoms with van der Waals surface area (Å²) < 4.78 is 0.697. The Morgan fingerprint density at radius 1 is 1.08 bits per heavy atom. The summed E-state index contributed by atoms with van der Waals surface area (Å²) in [5, 5.41) is 12.1. The number of imide groups is 2. The Bertz CT molecular complexity index is 958. The summed E-state index contributed by atoms with van der Waals surface area (Å²) in [4.78, 5) is 38.1. The third kappa shape index (κ3) is 3.25. The predicted octanol–water partition coefficient (Wildman–Crippen LogP) is 3.44. The number of amides is 4. The van der Waals surface area contributed by atoms with E-state index < -0.39 is 17.8 Å². The Hall–Kier alpha value is -2.93. The Labute approximate surface area is 158 Å². The maximum absolute atomic E-state index is 12.8. The van der Waals surface area contributed by atoms with Crippen LogP contribution in [-0.2, 0) is 9.59 Å². The molecule has 0 aliphatic carbocycles. The van der Waals surface area contributed by atoms with Gasteiger partial charge in [-0.15, -0.1) is 0 Å². The summed E-state index contributed by atoms with van der Waals surface area (Å²) in [6.45, 7) is 3.45. The lowest BCUT2D eigenvalue weighted by Gasteiger charge is -2.26. The lowest BCUT2D eigenvalue weighted by molar-refractivity contribution is -0.122. The Morgan fingerprint density at radius 2 is 1.73 bits per heavy atom. The Morgan fingerprint density at radius 3 is 2.35 bits per heavy atom. The molecule has 7 heteroatoms. The molecule has 0 aromatic heterocycles. The number of phenolic OH excluding ortho intramolecular Hbond substituents is 1. The average Bonchev–Trinajstić information content (AvgIpc) is 2.56. The van der Waals surface area contributed by atoms with Crippen LogP contribution in [0.2, 0.25) is 0 Å². The van der Waals surface area contributed by atoms with E-state index >= 15 is 0 Å². The van der Waals surface area contributed by atoms with E-state index in [4.69, 9.17) is 0 Å². The summed E-state index contributed by atoms with van der Waals surface area (Å²) in [5.74, 6) is -1.30. The number of anilines is 1. The van der Waals surface area contributed by atoms with Crippen molar-refractivity contribution in [2.45, 2.75) is 13.8 Å². The molecule has 6 nitrogen and oxygen atoms in total. The fourth-order valence-electron chi connectivity index (χ4n) is 2.75. The molecule has 2 N–H and O–H groups in total. The molecular weight excluding hydrogens is 400 g/mol. The van der Waals surface area contributed by atoms with E-state index in [0.29, 0.717) is 26.9 Å². The summed E-state index contributed by atoms with van der Waals surface area (Å²) in [7, 11) is 0. The maximum atomic E-state index is 12.8. The van der Waals surface area contributed by atoms with Crippen molar-refractivity contribution in [2.24, 2.45) is 0 Å². The number of urea groups is 1. The van der Waals surface area contributed by atoms with Gasteiger partial charge in [-0.1, -0.05) is 22.0 Å². The van der Waals surface area contributed by atoms with Crippen molar-refractivity contribution < 1.29 is 19.5 Å². The molecule has 0 atom stereocenters. The SMILES string of the molecule is Cc1cc(C=C2C(=O)NC(=O)N(c3cccc(Br)c3)C2=O)cc(C)c1O. The summed E-state index contributed by atoms with van der Waals surface area (Å²) >= 11 is 3.30. The van der Waals surface area contributed by atoms with Crippen LogP contribution in [0.1, 0.15) is 16.7 Å². The standard InChI is InChI=1S/C19H15BrN2O4/c1-10-6-12(7-11(2)16(10)23)8-15-17(24)21-19(26)22(18(15)25)14-5-3-4-13(20)9-14/h3-9,23H,1-2H3,(H,21,24,26). The van der Waals surface area contributed by atoms with E-state index in [2.05, 4.69) is 21.2 Å². The highest BCUT2D eigenvalue weighted by atomic mass is 79.9. The molecule has 1 fully saturated rings. The van der Waals surface area contributed by atoms with Crippen LogP contribution in [0.4, 0.5) is 10.5 Å². The number of hydrogen-bond acceptors (Lipinski definition) is 4. The smallest absolute Gasteiger partial charge is 0.335 e. The number of phenols is 1. The molecule has 0 radical (unpaired) electrons. The molecule has 0 unspecified atom stereocenters. The fourth-order valence-corrected chi connectivity index (χ4v) is 3.13. The zero-order chi connectivity index (χ0) is 19.0. The largest absolute Gasteiger partial charge is 0.507 e. The Kier molecular flexibility index (Phi) is 4.65. The lowest BCUT2D eigenvalue weighted by atomic mass is 10.0. The highest BCUT2D eigenvalue weighted by Crippen LogP contribution is 2.27. The second-order valence-electron chi connectivity index (χ2n) is 5.94. The van der Waals surface area contributed by atoms with E-state index in [1.165, 1.54) is 6.08 Å². The topological polar surface area (TPSA) is 86.7 Å². The molecule has 1 heterocycles. The highest BCUT2D eigenvalue weighted by Gasteiger charge is 2.36. The molecule has 132 valence electrons. The highest BCUT2D eigenvalue weighted by molar-refractivity contribution is 9.10. The van der Waals surface area contributed by atoms with Crippen LogP contribution in [-0.4, -0.2) is 23.0 Å². The normalized spacial score (nSPS) is 16.2. The van der Waals surface area contributed by atoms with Gasteiger partial charge in [0.15, 0.2) is 0 Å². The van der Waals surface area contributed by atoms with Crippen molar-refractivity contribution in [1.82, 2.24) is 5.32 Å².